The summed E-state index contributed by atoms with van der Waals surface area (Å²) in [6.45, 7) is -1.95. The summed E-state index contributed by atoms with van der Waals surface area (Å²) in [6, 6.07) is 8.13. The van der Waals surface area contributed by atoms with E-state index in [2.05, 4.69) is 10.6 Å². The predicted octanol–water partition coefficient (Wildman–Crippen LogP) is -0.615. The van der Waals surface area contributed by atoms with Gasteiger partial charge in [-0.2, -0.15) is 0 Å². The summed E-state index contributed by atoms with van der Waals surface area (Å²) in [4.78, 5) is 46.7. The number of nitrogen functional groups attached to an aromatic ring is 1. The predicted molar refractivity (Wildman–Crippen MR) is 138 cm³/mol. The number of ether oxygens (including phenoxy) is 1. The third-order valence-corrected chi connectivity index (χ3v) is 6.10. The van der Waals surface area contributed by atoms with Gasteiger partial charge in [-0.25, -0.2) is 8.42 Å². The van der Waals surface area contributed by atoms with Crippen LogP contribution in [-0.4, -0.2) is 69.0 Å². The lowest BCUT2D eigenvalue weighted by Crippen LogP contribution is -2.38. The molecule has 0 bridgehead atoms. The van der Waals surface area contributed by atoms with Crippen LogP contribution in [0.5, 0.6) is 5.75 Å². The van der Waals surface area contributed by atoms with Crippen LogP contribution in [0.3, 0.4) is 0 Å². The minimum Gasteiger partial charge on any atom is -0.483 e. The molecule has 16 heteroatoms. The van der Waals surface area contributed by atoms with Crippen LogP contribution in [0.25, 0.3) is 0 Å². The van der Waals surface area contributed by atoms with E-state index in [1.807, 2.05) is 0 Å². The summed E-state index contributed by atoms with van der Waals surface area (Å²) in [7, 11) is -3.93. The standard InChI is InChI=1S/C22H25ClN6O8S/c1-38(35,36)29(10-18(24)30)16-5-14(4-15(23)7-16)22(34)28-8-13-3-2-12(21(25)26)6-17(13)37-11-19(31)27-9-20(32)33/h2-7H,8-11H2,1H3,(H2,24,30)(H3,25,26)(H,27,31)(H,28,34)(H,32,33). The minimum absolute atomic E-state index is 0.0213. The van der Waals surface area contributed by atoms with E-state index in [1.54, 1.807) is 0 Å². The van der Waals surface area contributed by atoms with Crippen molar-refractivity contribution in [2.45, 2.75) is 6.54 Å². The molecule has 0 aliphatic heterocycles. The molecule has 204 valence electrons. The number of primary amides is 1. The molecule has 0 aliphatic rings. The number of carbonyl (C=O) groups excluding carboxylic acids is 3. The summed E-state index contributed by atoms with van der Waals surface area (Å²) >= 11 is 6.09. The fraction of sp³-hybridized carbons (Fsp3) is 0.227. The number of rotatable bonds is 13. The summed E-state index contributed by atoms with van der Waals surface area (Å²) < 4.78 is 30.5. The fourth-order valence-electron chi connectivity index (χ4n) is 3.04. The smallest absolute Gasteiger partial charge is 0.322 e. The Morgan fingerprint density at radius 1 is 1.08 bits per heavy atom. The molecule has 2 rings (SSSR count). The van der Waals surface area contributed by atoms with E-state index in [9.17, 15) is 27.6 Å². The number of nitrogens with two attached hydrogens (primary N) is 2. The summed E-state index contributed by atoms with van der Waals surface area (Å²) in [5.41, 5.74) is 11.2. The zero-order chi connectivity index (χ0) is 28.6. The number of aliphatic carboxylic acids is 1. The van der Waals surface area contributed by atoms with Crippen molar-refractivity contribution in [3.63, 3.8) is 0 Å². The molecule has 0 spiro atoms. The highest BCUT2D eigenvalue weighted by Crippen LogP contribution is 2.25. The Kier molecular flexibility index (Phi) is 10.0. The second kappa shape index (κ2) is 12.7. The van der Waals surface area contributed by atoms with Crippen molar-refractivity contribution in [3.8, 4) is 5.75 Å². The minimum atomic E-state index is -3.93. The number of halogens is 1. The topological polar surface area (TPSA) is 235 Å². The summed E-state index contributed by atoms with van der Waals surface area (Å²) in [6.07, 6.45) is 0.866. The quantitative estimate of drug-likeness (QED) is 0.133. The van der Waals surface area contributed by atoms with Gasteiger partial charge in [0, 0.05) is 28.3 Å². The van der Waals surface area contributed by atoms with Crippen LogP contribution in [0.15, 0.2) is 36.4 Å². The Bertz CT molecular complexity index is 1380. The fourth-order valence-corrected chi connectivity index (χ4v) is 4.12. The van der Waals surface area contributed by atoms with Gasteiger partial charge in [0.25, 0.3) is 11.8 Å². The van der Waals surface area contributed by atoms with Crippen molar-refractivity contribution in [2.75, 3.05) is 30.3 Å². The maximum atomic E-state index is 12.9. The van der Waals surface area contributed by atoms with E-state index in [4.69, 9.17) is 38.3 Å². The van der Waals surface area contributed by atoms with Crippen molar-refractivity contribution in [2.24, 2.45) is 11.5 Å². The third kappa shape index (κ3) is 8.94. The third-order valence-electron chi connectivity index (χ3n) is 4.75. The average molecular weight is 569 g/mol. The number of hydrogen-bond acceptors (Lipinski definition) is 8. The van der Waals surface area contributed by atoms with Crippen molar-refractivity contribution in [3.05, 3.63) is 58.1 Å². The second-order valence-corrected chi connectivity index (χ2v) is 10.2. The van der Waals surface area contributed by atoms with Gasteiger partial charge in [0.15, 0.2) is 6.61 Å². The normalized spacial score (nSPS) is 10.8. The van der Waals surface area contributed by atoms with Gasteiger partial charge in [-0.15, -0.1) is 0 Å². The number of amidine groups is 1. The first-order valence-electron chi connectivity index (χ1n) is 10.6. The molecular formula is C22H25ClN6O8S. The van der Waals surface area contributed by atoms with Gasteiger partial charge in [0.2, 0.25) is 15.9 Å². The molecule has 0 aromatic heterocycles. The zero-order valence-corrected chi connectivity index (χ0v) is 21.6. The van der Waals surface area contributed by atoms with E-state index >= 15 is 0 Å². The Labute approximate surface area is 222 Å². The van der Waals surface area contributed by atoms with Crippen LogP contribution in [0.1, 0.15) is 21.5 Å². The van der Waals surface area contributed by atoms with Gasteiger partial charge < -0.3 is 31.9 Å². The molecule has 2 aromatic rings. The summed E-state index contributed by atoms with van der Waals surface area (Å²) in [5, 5.41) is 21.0. The van der Waals surface area contributed by atoms with E-state index < -0.39 is 53.4 Å². The number of anilines is 1. The Morgan fingerprint density at radius 3 is 2.34 bits per heavy atom. The van der Waals surface area contributed by atoms with Crippen molar-refractivity contribution < 1.29 is 37.4 Å². The van der Waals surface area contributed by atoms with E-state index in [-0.39, 0.29) is 40.0 Å². The number of nitrogens with one attached hydrogen (secondary N) is 3. The number of carboxylic acid groups (broad SMARTS) is 1. The van der Waals surface area contributed by atoms with Gasteiger partial charge in [-0.3, -0.25) is 28.9 Å². The van der Waals surface area contributed by atoms with Crippen LogP contribution < -0.4 is 31.1 Å². The molecule has 0 radical (unpaired) electrons. The first-order valence-corrected chi connectivity index (χ1v) is 12.8. The van der Waals surface area contributed by atoms with E-state index in [0.717, 1.165) is 6.26 Å². The SMILES string of the molecule is CS(=O)(=O)N(CC(N)=O)c1cc(Cl)cc(C(=O)NCc2ccc(C(=N)N)cc2OCC(=O)NCC(=O)O)c1. The first-order chi connectivity index (χ1) is 17.7. The lowest BCUT2D eigenvalue weighted by molar-refractivity contribution is -0.138. The highest BCUT2D eigenvalue weighted by atomic mass is 35.5. The number of nitrogens with zero attached hydrogens (tertiary/aromatic N) is 1. The molecule has 38 heavy (non-hydrogen) atoms. The molecule has 14 nitrogen and oxygen atoms in total. The molecule has 8 N–H and O–H groups in total. The van der Waals surface area contributed by atoms with Crippen molar-refractivity contribution >= 4 is 56.8 Å². The Balaban J connectivity index is 2.25. The van der Waals surface area contributed by atoms with Crippen molar-refractivity contribution in [1.82, 2.24) is 10.6 Å². The van der Waals surface area contributed by atoms with Gasteiger partial charge in [-0.05, 0) is 24.3 Å². The molecular weight excluding hydrogens is 544 g/mol. The number of amides is 3. The molecule has 0 atom stereocenters. The highest BCUT2D eigenvalue weighted by molar-refractivity contribution is 7.92. The first kappa shape index (κ1) is 29.9. The van der Waals surface area contributed by atoms with Crippen LogP contribution >= 0.6 is 11.6 Å². The number of benzene rings is 2. The molecule has 3 amide bonds. The number of carboxylic acids is 1. The second-order valence-electron chi connectivity index (χ2n) is 7.81. The monoisotopic (exact) mass is 568 g/mol. The number of hydrogen-bond donors (Lipinski definition) is 6. The largest absolute Gasteiger partial charge is 0.483 e. The molecule has 0 unspecified atom stereocenters. The summed E-state index contributed by atoms with van der Waals surface area (Å²) in [5.74, 6) is -3.72. The Hall–Kier alpha value is -4.37. The van der Waals surface area contributed by atoms with Gasteiger partial charge in [0.1, 0.15) is 24.7 Å². The Morgan fingerprint density at radius 2 is 1.76 bits per heavy atom. The van der Waals surface area contributed by atoms with E-state index in [0.29, 0.717) is 9.87 Å². The molecule has 0 saturated carbocycles. The lowest BCUT2D eigenvalue weighted by Gasteiger charge is -2.21. The molecule has 0 fully saturated rings. The molecule has 0 aliphatic carbocycles. The number of carbonyl (C=O) groups is 4. The van der Waals surface area contributed by atoms with Gasteiger partial charge >= 0.3 is 5.97 Å². The zero-order valence-electron chi connectivity index (χ0n) is 20.0. The average Bonchev–Trinajstić information content (AvgIpc) is 2.82. The van der Waals surface area contributed by atoms with E-state index in [1.165, 1.54) is 36.4 Å². The van der Waals surface area contributed by atoms with Crippen LogP contribution in [0.4, 0.5) is 5.69 Å². The lowest BCUT2D eigenvalue weighted by atomic mass is 10.1. The van der Waals surface area contributed by atoms with Crippen LogP contribution in [0.2, 0.25) is 5.02 Å². The van der Waals surface area contributed by atoms with Crippen LogP contribution in [0, 0.1) is 5.41 Å². The molecule has 0 saturated heterocycles. The van der Waals surface area contributed by atoms with Gasteiger partial charge in [0.05, 0.1) is 11.9 Å². The van der Waals surface area contributed by atoms with Crippen molar-refractivity contribution in [1.29, 1.82) is 5.41 Å². The highest BCUT2D eigenvalue weighted by Gasteiger charge is 2.22. The van der Waals surface area contributed by atoms with Crippen LogP contribution in [-0.2, 0) is 31.0 Å². The number of sulfonamides is 1. The van der Waals surface area contributed by atoms with Gasteiger partial charge in [-0.1, -0.05) is 23.7 Å². The maximum absolute atomic E-state index is 12.9. The molecule has 0 heterocycles. The maximum Gasteiger partial charge on any atom is 0.322 e. The molecule has 2 aromatic carbocycles.